The highest BCUT2D eigenvalue weighted by molar-refractivity contribution is 7.18. The number of hydrogen-bond acceptors (Lipinski definition) is 6. The summed E-state index contributed by atoms with van der Waals surface area (Å²) >= 11 is 1.63. The molecular formula is C25H22N4O3S. The summed E-state index contributed by atoms with van der Waals surface area (Å²) in [5.41, 5.74) is 5.58. The van der Waals surface area contributed by atoms with Gasteiger partial charge in [0.1, 0.15) is 16.9 Å². The molecule has 1 N–H and O–H groups in total. The van der Waals surface area contributed by atoms with Gasteiger partial charge in [0, 0.05) is 10.4 Å². The van der Waals surface area contributed by atoms with Crippen LogP contribution in [0.5, 0.6) is 5.75 Å². The maximum Gasteiger partial charge on any atom is 0.271 e. The van der Waals surface area contributed by atoms with Gasteiger partial charge in [-0.05, 0) is 85.3 Å². The molecule has 0 aliphatic heterocycles. The number of hydrogen-bond donors (Lipinski definition) is 1. The van der Waals surface area contributed by atoms with E-state index in [1.165, 1.54) is 16.9 Å². The van der Waals surface area contributed by atoms with Gasteiger partial charge in [0.05, 0.1) is 24.4 Å². The molecule has 0 saturated carbocycles. The summed E-state index contributed by atoms with van der Waals surface area (Å²) in [6, 6.07) is 14.2. The molecule has 8 heteroatoms. The number of nitrogens with one attached hydrogen (secondary N) is 1. The van der Waals surface area contributed by atoms with Crippen molar-refractivity contribution >= 4 is 33.7 Å². The number of fused-ring (bicyclic) bond motifs is 3. The Morgan fingerprint density at radius 2 is 1.88 bits per heavy atom. The lowest BCUT2D eigenvalue weighted by molar-refractivity contribution is 0.0955. The first-order valence-electron chi connectivity index (χ1n) is 10.7. The SMILES string of the molecule is COc1ccc(/C=N\NC(=O)c2ccc(-n3cnc4sc5c(c4c3=O)CCCC5)cc2)cc1. The molecule has 2 aromatic heterocycles. The Labute approximate surface area is 194 Å². The molecule has 33 heavy (non-hydrogen) atoms. The third kappa shape index (κ3) is 4.17. The molecule has 1 aliphatic rings. The van der Waals surface area contributed by atoms with Crippen LogP contribution < -0.4 is 15.7 Å². The van der Waals surface area contributed by atoms with Crippen molar-refractivity contribution in [3.05, 3.63) is 86.8 Å². The lowest BCUT2D eigenvalue weighted by Crippen LogP contribution is -2.20. The maximum absolute atomic E-state index is 13.2. The number of thiophene rings is 1. The summed E-state index contributed by atoms with van der Waals surface area (Å²) in [6.45, 7) is 0. The Kier molecular flexibility index (Phi) is 5.75. The van der Waals surface area contributed by atoms with Gasteiger partial charge in [0.15, 0.2) is 0 Å². The second kappa shape index (κ2) is 8.99. The standard InChI is InChI=1S/C25H22N4O3S/c1-32-19-12-6-16(7-13-19)14-27-28-23(30)17-8-10-18(11-9-17)29-15-26-24-22(25(29)31)20-4-2-3-5-21(20)33-24/h6-15H,2-5H2,1H3,(H,28,30)/b27-14-. The molecule has 0 radical (unpaired) electrons. The van der Waals surface area contributed by atoms with Gasteiger partial charge in [0.2, 0.25) is 0 Å². The minimum absolute atomic E-state index is 0.0549. The molecule has 2 heterocycles. The van der Waals surface area contributed by atoms with Crippen molar-refractivity contribution in [1.82, 2.24) is 15.0 Å². The lowest BCUT2D eigenvalue weighted by Gasteiger charge is -2.10. The predicted molar refractivity (Wildman–Crippen MR) is 130 cm³/mol. The molecule has 0 unspecified atom stereocenters. The third-order valence-corrected chi connectivity index (χ3v) is 6.98. The van der Waals surface area contributed by atoms with E-state index in [4.69, 9.17) is 4.74 Å². The van der Waals surface area contributed by atoms with Crippen LogP contribution in [0.2, 0.25) is 0 Å². The summed E-state index contributed by atoms with van der Waals surface area (Å²) in [7, 11) is 1.61. The summed E-state index contributed by atoms with van der Waals surface area (Å²) < 4.78 is 6.67. The highest BCUT2D eigenvalue weighted by Crippen LogP contribution is 2.33. The molecule has 7 nitrogen and oxygen atoms in total. The minimum Gasteiger partial charge on any atom is -0.497 e. The minimum atomic E-state index is -0.334. The van der Waals surface area contributed by atoms with Gasteiger partial charge >= 0.3 is 0 Å². The van der Waals surface area contributed by atoms with E-state index < -0.39 is 0 Å². The second-order valence-corrected chi connectivity index (χ2v) is 8.91. The number of methoxy groups -OCH3 is 1. The van der Waals surface area contributed by atoms with Gasteiger partial charge < -0.3 is 4.74 Å². The van der Waals surface area contributed by atoms with Crippen LogP contribution in [0.25, 0.3) is 15.9 Å². The zero-order chi connectivity index (χ0) is 22.8. The Hall–Kier alpha value is -3.78. The number of nitrogens with zero attached hydrogens (tertiary/aromatic N) is 3. The van der Waals surface area contributed by atoms with Crippen molar-refractivity contribution in [3.63, 3.8) is 0 Å². The van der Waals surface area contributed by atoms with Crippen LogP contribution in [0, 0.1) is 0 Å². The number of amides is 1. The highest BCUT2D eigenvalue weighted by Gasteiger charge is 2.20. The molecule has 4 aromatic rings. The molecule has 0 spiro atoms. The molecule has 5 rings (SSSR count). The number of benzene rings is 2. The van der Waals surface area contributed by atoms with Crippen LogP contribution in [-0.4, -0.2) is 28.8 Å². The first kappa shape index (κ1) is 21.1. The van der Waals surface area contributed by atoms with Gasteiger partial charge in [0.25, 0.3) is 11.5 Å². The van der Waals surface area contributed by atoms with E-state index in [0.717, 1.165) is 40.8 Å². The average molecular weight is 459 g/mol. The van der Waals surface area contributed by atoms with E-state index in [1.54, 1.807) is 59.8 Å². The fourth-order valence-electron chi connectivity index (χ4n) is 4.02. The molecule has 1 aliphatic carbocycles. The van der Waals surface area contributed by atoms with Gasteiger partial charge in [-0.2, -0.15) is 5.10 Å². The van der Waals surface area contributed by atoms with E-state index in [2.05, 4.69) is 15.5 Å². The van der Waals surface area contributed by atoms with Crippen molar-refractivity contribution in [3.8, 4) is 11.4 Å². The second-order valence-electron chi connectivity index (χ2n) is 7.83. The predicted octanol–water partition coefficient (Wildman–Crippen LogP) is 4.10. The van der Waals surface area contributed by atoms with E-state index in [9.17, 15) is 9.59 Å². The molecular weight excluding hydrogens is 436 g/mol. The topological polar surface area (TPSA) is 85.6 Å². The van der Waals surface area contributed by atoms with Gasteiger partial charge in [-0.25, -0.2) is 10.4 Å². The summed E-state index contributed by atoms with van der Waals surface area (Å²) in [5, 5.41) is 4.75. The fraction of sp³-hybridized carbons (Fsp3) is 0.200. The Morgan fingerprint density at radius 1 is 1.12 bits per heavy atom. The lowest BCUT2D eigenvalue weighted by atomic mass is 9.97. The van der Waals surface area contributed by atoms with Crippen molar-refractivity contribution in [1.29, 1.82) is 0 Å². The summed E-state index contributed by atoms with van der Waals surface area (Å²) in [5.74, 6) is 0.419. The maximum atomic E-state index is 13.2. The Bertz CT molecular complexity index is 1400. The largest absolute Gasteiger partial charge is 0.497 e. The summed E-state index contributed by atoms with van der Waals surface area (Å²) in [4.78, 5) is 32.3. The average Bonchev–Trinajstić information content (AvgIpc) is 3.24. The Morgan fingerprint density at radius 3 is 2.64 bits per heavy atom. The first-order valence-corrected chi connectivity index (χ1v) is 11.6. The van der Waals surface area contributed by atoms with Crippen LogP contribution >= 0.6 is 11.3 Å². The van der Waals surface area contributed by atoms with Crippen LogP contribution in [0.4, 0.5) is 0 Å². The zero-order valence-electron chi connectivity index (χ0n) is 18.1. The quantitative estimate of drug-likeness (QED) is 0.360. The van der Waals surface area contributed by atoms with Crippen molar-refractivity contribution in [2.75, 3.05) is 7.11 Å². The van der Waals surface area contributed by atoms with Crippen LogP contribution in [-0.2, 0) is 12.8 Å². The van der Waals surface area contributed by atoms with Gasteiger partial charge in [-0.3, -0.25) is 14.2 Å². The van der Waals surface area contributed by atoms with E-state index in [0.29, 0.717) is 11.3 Å². The molecule has 0 bridgehead atoms. The number of rotatable bonds is 5. The van der Waals surface area contributed by atoms with Crippen molar-refractivity contribution < 1.29 is 9.53 Å². The van der Waals surface area contributed by atoms with Crippen LogP contribution in [0.3, 0.4) is 0 Å². The number of carbonyl (C=O) groups excluding carboxylic acids is 1. The highest BCUT2D eigenvalue weighted by atomic mass is 32.1. The number of ether oxygens (including phenoxy) is 1. The molecule has 0 saturated heterocycles. The molecule has 166 valence electrons. The van der Waals surface area contributed by atoms with E-state index in [-0.39, 0.29) is 11.5 Å². The van der Waals surface area contributed by atoms with Gasteiger partial charge in [-0.15, -0.1) is 11.3 Å². The number of carbonyl (C=O) groups is 1. The van der Waals surface area contributed by atoms with Crippen molar-refractivity contribution in [2.24, 2.45) is 5.10 Å². The normalized spacial score (nSPS) is 13.2. The molecule has 0 atom stereocenters. The van der Waals surface area contributed by atoms with E-state index in [1.807, 2.05) is 24.3 Å². The van der Waals surface area contributed by atoms with Gasteiger partial charge in [-0.1, -0.05) is 0 Å². The fourth-order valence-corrected chi connectivity index (χ4v) is 5.24. The van der Waals surface area contributed by atoms with Crippen LogP contribution in [0.15, 0.2) is 64.8 Å². The monoisotopic (exact) mass is 458 g/mol. The smallest absolute Gasteiger partial charge is 0.271 e. The van der Waals surface area contributed by atoms with Crippen molar-refractivity contribution in [2.45, 2.75) is 25.7 Å². The molecule has 2 aromatic carbocycles. The molecule has 1 amide bonds. The zero-order valence-corrected chi connectivity index (χ0v) is 18.9. The first-order chi connectivity index (χ1) is 16.1. The number of aryl methyl sites for hydroxylation is 2. The van der Waals surface area contributed by atoms with E-state index >= 15 is 0 Å². The number of hydrazone groups is 1. The summed E-state index contributed by atoms with van der Waals surface area (Å²) in [6.07, 6.45) is 7.38. The number of aromatic nitrogens is 2. The van der Waals surface area contributed by atoms with Crippen LogP contribution in [0.1, 0.15) is 39.2 Å². The Balaban J connectivity index is 1.33. The third-order valence-electron chi connectivity index (χ3n) is 5.78. The molecule has 0 fully saturated rings.